The minimum atomic E-state index is 0.569. The first-order valence-corrected chi connectivity index (χ1v) is 16.8. The summed E-state index contributed by atoms with van der Waals surface area (Å²) >= 11 is 0. The predicted molar refractivity (Wildman–Crippen MR) is 204 cm³/mol. The molecule has 0 saturated heterocycles. The molecule has 7 nitrogen and oxygen atoms in total. The average Bonchev–Trinajstić information content (AvgIpc) is 3.62. The number of pyridine rings is 1. The van der Waals surface area contributed by atoms with Crippen LogP contribution in [0.15, 0.2) is 164 Å². The molecule has 0 amide bonds. The van der Waals surface area contributed by atoms with Gasteiger partial charge in [0.15, 0.2) is 28.9 Å². The molecule has 0 aliphatic carbocycles. The van der Waals surface area contributed by atoms with E-state index in [0.717, 1.165) is 66.4 Å². The van der Waals surface area contributed by atoms with Gasteiger partial charge in [-0.1, -0.05) is 152 Å². The molecule has 7 heteroatoms. The summed E-state index contributed by atoms with van der Waals surface area (Å²) in [7, 11) is 0. The summed E-state index contributed by atoms with van der Waals surface area (Å²) in [6.07, 6.45) is 0. The van der Waals surface area contributed by atoms with Gasteiger partial charge in [0, 0.05) is 38.6 Å². The minimum Gasteiger partial charge on any atom is -0.288 e. The quantitative estimate of drug-likeness (QED) is 0.172. The van der Waals surface area contributed by atoms with E-state index in [1.807, 2.05) is 97.1 Å². The van der Waals surface area contributed by atoms with Gasteiger partial charge >= 0.3 is 0 Å². The minimum absolute atomic E-state index is 0.569. The van der Waals surface area contributed by atoms with Crippen molar-refractivity contribution in [2.24, 2.45) is 0 Å². The van der Waals surface area contributed by atoms with Crippen molar-refractivity contribution in [2.45, 2.75) is 0 Å². The third kappa shape index (κ3) is 4.90. The molecule has 10 rings (SSSR count). The fourth-order valence-electron chi connectivity index (χ4n) is 6.87. The number of hydrogen-bond acceptors (Lipinski definition) is 6. The Labute approximate surface area is 292 Å². The second-order valence-electron chi connectivity index (χ2n) is 12.4. The molecule has 0 N–H and O–H groups in total. The molecule has 0 aliphatic rings. The Morgan fingerprint density at radius 1 is 0.333 bits per heavy atom. The van der Waals surface area contributed by atoms with Gasteiger partial charge in [0.25, 0.3) is 0 Å². The molecule has 0 saturated carbocycles. The van der Waals surface area contributed by atoms with Gasteiger partial charge in [-0.05, 0) is 17.5 Å². The lowest BCUT2D eigenvalue weighted by atomic mass is 10.1. The first-order valence-electron chi connectivity index (χ1n) is 16.8. The maximum atomic E-state index is 5.29. The van der Waals surface area contributed by atoms with Crippen molar-refractivity contribution in [1.29, 1.82) is 0 Å². The van der Waals surface area contributed by atoms with Gasteiger partial charge in [0.05, 0.1) is 5.52 Å². The van der Waals surface area contributed by atoms with E-state index in [-0.39, 0.29) is 0 Å². The summed E-state index contributed by atoms with van der Waals surface area (Å²) in [4.78, 5) is 30.4. The molecular formula is C44H27N7. The maximum Gasteiger partial charge on any atom is 0.183 e. The van der Waals surface area contributed by atoms with E-state index < -0.39 is 0 Å². The van der Waals surface area contributed by atoms with Crippen molar-refractivity contribution in [1.82, 2.24) is 34.3 Å². The van der Waals surface area contributed by atoms with Crippen LogP contribution in [0.4, 0.5) is 0 Å². The lowest BCUT2D eigenvalue weighted by Gasteiger charge is -2.11. The number of fused-ring (bicyclic) bond motifs is 8. The Kier molecular flexibility index (Phi) is 6.67. The zero-order chi connectivity index (χ0) is 33.7. The predicted octanol–water partition coefficient (Wildman–Crippen LogP) is 10.1. The lowest BCUT2D eigenvalue weighted by molar-refractivity contribution is 1.07. The third-order valence-electron chi connectivity index (χ3n) is 9.24. The standard InChI is InChI=1S/C44H27N7/c1-4-15-28(16-5-1)37-38-43(50-44-35-25-11-10-23-33(35)34-24-12-13-26-36(34)51(38)44)49-41(45-37)31-21-14-22-32(27-31)42-47-39(29-17-6-2-7-18-29)46-40(48-42)30-19-8-3-9-20-30/h1-27H. The van der Waals surface area contributed by atoms with Gasteiger partial charge in [0.2, 0.25) is 0 Å². The Bertz CT molecular complexity index is 2850. The highest BCUT2D eigenvalue weighted by Gasteiger charge is 2.21. The van der Waals surface area contributed by atoms with Gasteiger partial charge in [0.1, 0.15) is 16.9 Å². The zero-order valence-corrected chi connectivity index (χ0v) is 27.2. The third-order valence-corrected chi connectivity index (χ3v) is 9.24. The Morgan fingerprint density at radius 3 is 1.43 bits per heavy atom. The zero-order valence-electron chi connectivity index (χ0n) is 27.2. The Balaban J connectivity index is 1.21. The maximum absolute atomic E-state index is 5.29. The van der Waals surface area contributed by atoms with Crippen molar-refractivity contribution >= 4 is 38.5 Å². The van der Waals surface area contributed by atoms with Crippen molar-refractivity contribution in [3.05, 3.63) is 164 Å². The summed E-state index contributed by atoms with van der Waals surface area (Å²) < 4.78 is 2.22. The topological polar surface area (TPSA) is 81.8 Å². The lowest BCUT2D eigenvalue weighted by Crippen LogP contribution is -2.00. The number of nitrogens with zero attached hydrogens (tertiary/aromatic N) is 7. The van der Waals surface area contributed by atoms with Crippen molar-refractivity contribution in [3.8, 4) is 56.8 Å². The number of para-hydroxylation sites is 1. The fraction of sp³-hybridized carbons (Fsp3) is 0. The Hall–Kier alpha value is -7.12. The molecule has 6 aromatic carbocycles. The van der Waals surface area contributed by atoms with Crippen LogP contribution in [0.2, 0.25) is 0 Å². The molecule has 0 bridgehead atoms. The van der Waals surface area contributed by atoms with E-state index in [1.54, 1.807) is 0 Å². The van der Waals surface area contributed by atoms with Crippen LogP contribution in [-0.2, 0) is 0 Å². The number of aromatic nitrogens is 7. The molecule has 0 unspecified atom stereocenters. The van der Waals surface area contributed by atoms with Gasteiger partial charge in [-0.2, -0.15) is 0 Å². The number of rotatable bonds is 5. The second-order valence-corrected chi connectivity index (χ2v) is 12.4. The second kappa shape index (κ2) is 11.8. The van der Waals surface area contributed by atoms with Gasteiger partial charge in [-0.3, -0.25) is 4.40 Å². The van der Waals surface area contributed by atoms with Crippen molar-refractivity contribution in [3.63, 3.8) is 0 Å². The summed E-state index contributed by atoms with van der Waals surface area (Å²) in [5.74, 6) is 2.36. The summed E-state index contributed by atoms with van der Waals surface area (Å²) in [5.41, 5.74) is 8.71. The Morgan fingerprint density at radius 2 is 0.804 bits per heavy atom. The monoisotopic (exact) mass is 653 g/mol. The molecule has 0 aliphatic heterocycles. The fourth-order valence-corrected chi connectivity index (χ4v) is 6.87. The molecule has 0 radical (unpaired) electrons. The molecule has 10 aromatic rings. The van der Waals surface area contributed by atoms with Crippen molar-refractivity contribution in [2.75, 3.05) is 0 Å². The first kappa shape index (κ1) is 28.9. The van der Waals surface area contributed by atoms with Crippen LogP contribution in [0.5, 0.6) is 0 Å². The van der Waals surface area contributed by atoms with Gasteiger partial charge in [-0.15, -0.1) is 0 Å². The molecule has 4 aromatic heterocycles. The number of hydrogen-bond donors (Lipinski definition) is 0. The molecule has 238 valence electrons. The smallest absolute Gasteiger partial charge is 0.183 e. The van der Waals surface area contributed by atoms with Crippen LogP contribution < -0.4 is 0 Å². The van der Waals surface area contributed by atoms with Crippen LogP contribution >= 0.6 is 0 Å². The van der Waals surface area contributed by atoms with Crippen LogP contribution in [0.1, 0.15) is 0 Å². The molecule has 51 heavy (non-hydrogen) atoms. The highest BCUT2D eigenvalue weighted by molar-refractivity contribution is 6.14. The van der Waals surface area contributed by atoms with Crippen LogP contribution in [0.25, 0.3) is 95.3 Å². The molecule has 4 heterocycles. The van der Waals surface area contributed by atoms with Crippen molar-refractivity contribution < 1.29 is 0 Å². The average molecular weight is 654 g/mol. The molecular weight excluding hydrogens is 627 g/mol. The van der Waals surface area contributed by atoms with E-state index in [0.29, 0.717) is 28.9 Å². The summed E-state index contributed by atoms with van der Waals surface area (Å²) in [5, 5.41) is 3.37. The normalized spacial score (nSPS) is 11.5. The largest absolute Gasteiger partial charge is 0.288 e. The van der Waals surface area contributed by atoms with Crippen LogP contribution in [-0.4, -0.2) is 34.3 Å². The highest BCUT2D eigenvalue weighted by atomic mass is 15.1. The van der Waals surface area contributed by atoms with E-state index in [9.17, 15) is 0 Å². The SMILES string of the molecule is c1ccc(-c2nc(-c3ccccc3)nc(-c3cccc(-c4nc(-c5ccccc5)c5c(n4)nc4c6ccccc6c6ccccc6n45)c3)n2)cc1. The van der Waals surface area contributed by atoms with E-state index in [2.05, 4.69) is 71.1 Å². The van der Waals surface area contributed by atoms with E-state index in [4.69, 9.17) is 29.9 Å². The van der Waals surface area contributed by atoms with E-state index >= 15 is 0 Å². The summed E-state index contributed by atoms with van der Waals surface area (Å²) in [6, 6.07) is 55.2. The van der Waals surface area contributed by atoms with Crippen LogP contribution in [0.3, 0.4) is 0 Å². The van der Waals surface area contributed by atoms with Crippen LogP contribution in [0, 0.1) is 0 Å². The van der Waals surface area contributed by atoms with Gasteiger partial charge in [-0.25, -0.2) is 29.9 Å². The molecule has 0 fully saturated rings. The summed E-state index contributed by atoms with van der Waals surface area (Å²) in [6.45, 7) is 0. The highest BCUT2D eigenvalue weighted by Crippen LogP contribution is 2.36. The molecule has 0 spiro atoms. The first-order chi connectivity index (χ1) is 25.3. The van der Waals surface area contributed by atoms with E-state index in [1.165, 1.54) is 0 Å². The molecule has 0 atom stereocenters. The van der Waals surface area contributed by atoms with Gasteiger partial charge < -0.3 is 0 Å². The number of benzene rings is 6. The number of imidazole rings is 1.